The first-order valence-electron chi connectivity index (χ1n) is 4.26. The smallest absolute Gasteiger partial charge is 0.0985 e. The van der Waals surface area contributed by atoms with E-state index >= 15 is 0 Å². The van der Waals surface area contributed by atoms with Crippen LogP contribution in [0.5, 0.6) is 0 Å². The Morgan fingerprint density at radius 3 is 2.38 bits per heavy atom. The van der Waals surface area contributed by atoms with Crippen LogP contribution in [0.3, 0.4) is 0 Å². The number of aryl methyl sites for hydroxylation is 1. The van der Waals surface area contributed by atoms with Gasteiger partial charge in [-0.3, -0.25) is 4.68 Å². The molecule has 0 aliphatic carbocycles. The van der Waals surface area contributed by atoms with Gasteiger partial charge in [0.15, 0.2) is 0 Å². The second-order valence-corrected chi connectivity index (χ2v) is 3.06. The summed E-state index contributed by atoms with van der Waals surface area (Å²) in [4.78, 5) is 0. The number of methoxy groups -OCH3 is 2. The molecule has 13 heavy (non-hydrogen) atoms. The molecule has 0 radical (unpaired) electrons. The number of hydrogen-bond acceptors (Lipinski definition) is 3. The molecule has 4 heteroatoms. The molecule has 74 valence electrons. The Bertz CT molecular complexity index is 242. The van der Waals surface area contributed by atoms with Crippen molar-refractivity contribution in [3.63, 3.8) is 0 Å². The van der Waals surface area contributed by atoms with Crippen molar-refractivity contribution in [2.45, 2.75) is 13.0 Å². The minimum atomic E-state index is 0.170. The summed E-state index contributed by atoms with van der Waals surface area (Å²) in [6.07, 6.45) is 3.82. The van der Waals surface area contributed by atoms with Gasteiger partial charge in [0.1, 0.15) is 0 Å². The van der Waals surface area contributed by atoms with Crippen LogP contribution in [0.2, 0.25) is 0 Å². The molecule has 0 N–H and O–H groups in total. The van der Waals surface area contributed by atoms with Crippen LogP contribution in [0.1, 0.15) is 11.6 Å². The first kappa shape index (κ1) is 10.2. The fraction of sp³-hybridized carbons (Fsp3) is 0.667. The van der Waals surface area contributed by atoms with Gasteiger partial charge < -0.3 is 9.47 Å². The van der Waals surface area contributed by atoms with Gasteiger partial charge in [-0.05, 0) is 12.5 Å². The Kier molecular flexibility index (Phi) is 3.92. The number of rotatable bonds is 5. The normalized spacial score (nSPS) is 11.1. The third-order valence-electron chi connectivity index (χ3n) is 1.82. The minimum Gasteiger partial charge on any atom is -0.382 e. The molecule has 0 fully saturated rings. The van der Waals surface area contributed by atoms with Crippen LogP contribution in [0, 0.1) is 6.92 Å². The van der Waals surface area contributed by atoms with Gasteiger partial charge in [0.2, 0.25) is 0 Å². The molecule has 0 bridgehead atoms. The second-order valence-electron chi connectivity index (χ2n) is 3.06. The molecule has 0 amide bonds. The van der Waals surface area contributed by atoms with E-state index in [0.29, 0.717) is 13.2 Å². The van der Waals surface area contributed by atoms with Crippen LogP contribution < -0.4 is 0 Å². The summed E-state index contributed by atoms with van der Waals surface area (Å²) in [7, 11) is 3.36. The van der Waals surface area contributed by atoms with E-state index in [1.54, 1.807) is 14.2 Å². The zero-order valence-electron chi connectivity index (χ0n) is 8.36. The lowest BCUT2D eigenvalue weighted by molar-refractivity contribution is 0.0838. The van der Waals surface area contributed by atoms with Crippen molar-refractivity contribution in [1.29, 1.82) is 0 Å². The van der Waals surface area contributed by atoms with E-state index in [9.17, 15) is 0 Å². The Balaban J connectivity index is 2.63. The molecule has 1 rings (SSSR count). The fourth-order valence-corrected chi connectivity index (χ4v) is 1.22. The Hall–Kier alpha value is -0.870. The van der Waals surface area contributed by atoms with Gasteiger partial charge >= 0.3 is 0 Å². The number of hydrogen-bond donors (Lipinski definition) is 0. The topological polar surface area (TPSA) is 36.3 Å². The monoisotopic (exact) mass is 184 g/mol. The first-order valence-corrected chi connectivity index (χ1v) is 4.26. The van der Waals surface area contributed by atoms with Crippen LogP contribution >= 0.6 is 0 Å². The second kappa shape index (κ2) is 4.99. The van der Waals surface area contributed by atoms with E-state index in [0.717, 1.165) is 5.56 Å². The zero-order chi connectivity index (χ0) is 9.68. The molecule has 0 aromatic carbocycles. The van der Waals surface area contributed by atoms with Gasteiger partial charge in [-0.1, -0.05) is 0 Å². The average Bonchev–Trinajstić information content (AvgIpc) is 2.51. The largest absolute Gasteiger partial charge is 0.382 e. The van der Waals surface area contributed by atoms with Crippen molar-refractivity contribution in [1.82, 2.24) is 9.78 Å². The fourth-order valence-electron chi connectivity index (χ4n) is 1.22. The number of ether oxygens (including phenoxy) is 2. The molecule has 0 aliphatic rings. The van der Waals surface area contributed by atoms with Crippen LogP contribution in [0.25, 0.3) is 0 Å². The zero-order valence-corrected chi connectivity index (χ0v) is 8.36. The lowest BCUT2D eigenvalue weighted by atomic mass is 10.3. The lowest BCUT2D eigenvalue weighted by Gasteiger charge is -2.15. The maximum absolute atomic E-state index is 5.08. The Morgan fingerprint density at radius 1 is 1.38 bits per heavy atom. The molecule has 1 heterocycles. The maximum Gasteiger partial charge on any atom is 0.0985 e. The number of nitrogens with zero attached hydrogens (tertiary/aromatic N) is 2. The van der Waals surface area contributed by atoms with Crippen LogP contribution in [-0.4, -0.2) is 37.2 Å². The highest BCUT2D eigenvalue weighted by atomic mass is 16.5. The molecule has 0 unspecified atom stereocenters. The van der Waals surface area contributed by atoms with Crippen LogP contribution in [0.15, 0.2) is 12.4 Å². The van der Waals surface area contributed by atoms with E-state index in [1.165, 1.54) is 0 Å². The van der Waals surface area contributed by atoms with E-state index in [-0.39, 0.29) is 6.04 Å². The molecular weight excluding hydrogens is 168 g/mol. The SMILES string of the molecule is COCC(COC)n1cc(C)cn1. The summed E-state index contributed by atoms with van der Waals surface area (Å²) < 4.78 is 12.0. The van der Waals surface area contributed by atoms with E-state index in [1.807, 2.05) is 24.0 Å². The van der Waals surface area contributed by atoms with Gasteiger partial charge in [-0.25, -0.2) is 0 Å². The van der Waals surface area contributed by atoms with Crippen LogP contribution in [-0.2, 0) is 9.47 Å². The summed E-state index contributed by atoms with van der Waals surface area (Å²) in [5.74, 6) is 0. The van der Waals surface area contributed by atoms with E-state index in [2.05, 4.69) is 5.10 Å². The van der Waals surface area contributed by atoms with Crippen molar-refractivity contribution >= 4 is 0 Å². The lowest BCUT2D eigenvalue weighted by Crippen LogP contribution is -2.20. The van der Waals surface area contributed by atoms with Gasteiger partial charge in [0.25, 0.3) is 0 Å². The van der Waals surface area contributed by atoms with Gasteiger partial charge in [-0.15, -0.1) is 0 Å². The van der Waals surface area contributed by atoms with E-state index in [4.69, 9.17) is 9.47 Å². The molecule has 0 atom stereocenters. The molecule has 4 nitrogen and oxygen atoms in total. The van der Waals surface area contributed by atoms with Gasteiger partial charge in [0.05, 0.1) is 25.5 Å². The van der Waals surface area contributed by atoms with E-state index < -0.39 is 0 Å². The molecule has 0 spiro atoms. The summed E-state index contributed by atoms with van der Waals surface area (Å²) in [6.45, 7) is 3.25. The summed E-state index contributed by atoms with van der Waals surface area (Å²) >= 11 is 0. The highest BCUT2D eigenvalue weighted by Crippen LogP contribution is 2.07. The summed E-state index contributed by atoms with van der Waals surface area (Å²) in [6, 6.07) is 0.170. The molecule has 0 aliphatic heterocycles. The molecule has 0 saturated heterocycles. The van der Waals surface area contributed by atoms with Gasteiger partial charge in [-0.2, -0.15) is 5.10 Å². The molecule has 1 aromatic rings. The van der Waals surface area contributed by atoms with Crippen molar-refractivity contribution in [2.24, 2.45) is 0 Å². The van der Waals surface area contributed by atoms with Crippen molar-refractivity contribution < 1.29 is 9.47 Å². The van der Waals surface area contributed by atoms with Crippen LogP contribution in [0.4, 0.5) is 0 Å². The summed E-state index contributed by atoms with van der Waals surface area (Å²) in [5.41, 5.74) is 1.15. The third kappa shape index (κ3) is 2.82. The predicted molar refractivity (Wildman–Crippen MR) is 49.8 cm³/mol. The van der Waals surface area contributed by atoms with Crippen molar-refractivity contribution in [3.05, 3.63) is 18.0 Å². The summed E-state index contributed by atoms with van der Waals surface area (Å²) in [5, 5.41) is 4.21. The van der Waals surface area contributed by atoms with Crippen molar-refractivity contribution in [2.75, 3.05) is 27.4 Å². The Labute approximate surface area is 78.5 Å². The minimum absolute atomic E-state index is 0.170. The molecule has 0 saturated carbocycles. The van der Waals surface area contributed by atoms with Gasteiger partial charge in [0, 0.05) is 20.4 Å². The average molecular weight is 184 g/mol. The Morgan fingerprint density at radius 2 is 2.00 bits per heavy atom. The van der Waals surface area contributed by atoms with Crippen molar-refractivity contribution in [3.8, 4) is 0 Å². The molecule has 1 aromatic heterocycles. The number of aromatic nitrogens is 2. The maximum atomic E-state index is 5.08. The third-order valence-corrected chi connectivity index (χ3v) is 1.82. The first-order chi connectivity index (χ1) is 6.27. The quantitative estimate of drug-likeness (QED) is 0.685. The standard InChI is InChI=1S/C9H16N2O2/c1-8-4-10-11(5-8)9(6-12-2)7-13-3/h4-5,9H,6-7H2,1-3H3. The highest BCUT2D eigenvalue weighted by Gasteiger charge is 2.10. The highest BCUT2D eigenvalue weighted by molar-refractivity contribution is 5.00. The predicted octanol–water partition coefficient (Wildman–Crippen LogP) is 1.03. The molecular formula is C9H16N2O2.